The molecule has 0 aromatic heterocycles. The number of nitrogens with zero attached hydrogens (tertiary/aromatic N) is 1. The normalized spacial score (nSPS) is 22.0. The van der Waals surface area contributed by atoms with Crippen LogP contribution in [0.15, 0.2) is 60.8 Å². The summed E-state index contributed by atoms with van der Waals surface area (Å²) in [4.78, 5) is 26.9. The number of carbonyl (C=O) groups is 2. The van der Waals surface area contributed by atoms with E-state index in [0.717, 1.165) is 29.7 Å². The predicted molar refractivity (Wildman–Crippen MR) is 184 cm³/mol. The van der Waals surface area contributed by atoms with Gasteiger partial charge in [-0.1, -0.05) is 87.3 Å². The average molecular weight is 628 g/mol. The molecule has 3 amide bonds. The zero-order valence-electron chi connectivity index (χ0n) is 29.5. The van der Waals surface area contributed by atoms with Crippen molar-refractivity contribution in [1.29, 1.82) is 0 Å². The van der Waals surface area contributed by atoms with Gasteiger partial charge in [0, 0.05) is 48.9 Å². The first-order chi connectivity index (χ1) is 20.6. The van der Waals surface area contributed by atoms with Crippen molar-refractivity contribution in [1.82, 2.24) is 20.9 Å². The summed E-state index contributed by atoms with van der Waals surface area (Å²) in [6, 6.07) is -0.848. The highest BCUT2D eigenvalue weighted by Crippen LogP contribution is 2.29. The minimum absolute atomic E-state index is 0.0232. The molecule has 5 atom stereocenters. The van der Waals surface area contributed by atoms with E-state index in [0.29, 0.717) is 43.1 Å². The standard InChI is InChI=1S/C36H61N5O4/c1-22(2)16-30(40-32(42)19-36(11,12)13)27(7)38-29(23(3)18-35(8,9)10)15-14-25(5)44-21-31-28(37)17-33(45-31)41-20-24(4)26(6)39-34(41)43/h20,22,28-31,33,38H,3,5-7,14-19,21,37H2,1-2,4,8-13H3,(H,39,43)(H,40,42). The van der Waals surface area contributed by atoms with Crippen molar-refractivity contribution >= 4 is 11.9 Å². The summed E-state index contributed by atoms with van der Waals surface area (Å²) in [5.74, 6) is 1.02. The molecule has 5 unspecified atom stereocenters. The van der Waals surface area contributed by atoms with Crippen molar-refractivity contribution in [2.24, 2.45) is 22.5 Å². The Hall–Kier alpha value is -3.04. The zero-order chi connectivity index (χ0) is 34.3. The Morgan fingerprint density at radius 3 is 2.31 bits per heavy atom. The highest BCUT2D eigenvalue weighted by atomic mass is 16.6. The van der Waals surface area contributed by atoms with Crippen LogP contribution in [0, 0.1) is 16.7 Å². The lowest BCUT2D eigenvalue weighted by molar-refractivity contribution is -0.123. The Balaban J connectivity index is 2.02. The lowest BCUT2D eigenvalue weighted by Gasteiger charge is -2.32. The Morgan fingerprint density at radius 1 is 1.11 bits per heavy atom. The van der Waals surface area contributed by atoms with Gasteiger partial charge in [-0.15, -0.1) is 0 Å². The molecule has 0 spiro atoms. The van der Waals surface area contributed by atoms with Crippen LogP contribution >= 0.6 is 0 Å². The highest BCUT2D eigenvalue weighted by molar-refractivity contribution is 5.80. The number of ether oxygens (including phenoxy) is 2. The van der Waals surface area contributed by atoms with Crippen LogP contribution in [0.25, 0.3) is 0 Å². The van der Waals surface area contributed by atoms with Gasteiger partial charge in [-0.25, -0.2) is 4.79 Å². The minimum Gasteiger partial charge on any atom is -0.496 e. The molecule has 1 fully saturated rings. The smallest absolute Gasteiger partial charge is 0.327 e. The third-order valence-electron chi connectivity index (χ3n) is 7.82. The minimum atomic E-state index is -0.479. The number of urea groups is 1. The summed E-state index contributed by atoms with van der Waals surface area (Å²) < 4.78 is 12.2. The van der Waals surface area contributed by atoms with Crippen molar-refractivity contribution in [3.8, 4) is 0 Å². The summed E-state index contributed by atoms with van der Waals surface area (Å²) in [6.07, 6.45) is 4.71. The molecule has 9 nitrogen and oxygen atoms in total. The van der Waals surface area contributed by atoms with Crippen molar-refractivity contribution in [3.05, 3.63) is 60.8 Å². The molecule has 0 aromatic carbocycles. The highest BCUT2D eigenvalue weighted by Gasteiger charge is 2.39. The van der Waals surface area contributed by atoms with E-state index in [1.807, 2.05) is 6.92 Å². The van der Waals surface area contributed by atoms with Crippen molar-refractivity contribution in [2.45, 2.75) is 131 Å². The van der Waals surface area contributed by atoms with Gasteiger partial charge in [-0.3, -0.25) is 9.69 Å². The molecule has 5 N–H and O–H groups in total. The topological polar surface area (TPSA) is 118 Å². The fourth-order valence-electron chi connectivity index (χ4n) is 5.51. The Morgan fingerprint density at radius 2 is 1.73 bits per heavy atom. The van der Waals surface area contributed by atoms with E-state index in [4.69, 9.17) is 15.2 Å². The Labute approximate surface area is 272 Å². The second-order valence-corrected chi connectivity index (χ2v) is 15.7. The molecule has 0 saturated carbocycles. The molecular formula is C36H61N5O4. The lowest BCUT2D eigenvalue weighted by atomic mass is 9.84. The van der Waals surface area contributed by atoms with E-state index in [1.165, 1.54) is 4.90 Å². The summed E-state index contributed by atoms with van der Waals surface area (Å²) in [5.41, 5.74) is 9.63. The lowest BCUT2D eigenvalue weighted by Crippen LogP contribution is -2.45. The fourth-order valence-corrected chi connectivity index (χ4v) is 5.51. The van der Waals surface area contributed by atoms with Gasteiger partial charge in [0.1, 0.15) is 18.9 Å². The Bertz CT molecular complexity index is 1140. The van der Waals surface area contributed by atoms with Gasteiger partial charge in [0.25, 0.3) is 0 Å². The van der Waals surface area contributed by atoms with Gasteiger partial charge in [0.15, 0.2) is 0 Å². The van der Waals surface area contributed by atoms with Crippen LogP contribution < -0.4 is 21.7 Å². The molecule has 0 bridgehead atoms. The maximum atomic E-state index is 12.9. The van der Waals surface area contributed by atoms with E-state index < -0.39 is 6.23 Å². The summed E-state index contributed by atoms with van der Waals surface area (Å²) >= 11 is 0. The van der Waals surface area contributed by atoms with E-state index in [-0.39, 0.29) is 53.6 Å². The van der Waals surface area contributed by atoms with E-state index in [1.54, 1.807) is 6.20 Å². The van der Waals surface area contributed by atoms with Crippen LogP contribution in [0.3, 0.4) is 0 Å². The second-order valence-electron chi connectivity index (χ2n) is 15.7. The average Bonchev–Trinajstić information content (AvgIpc) is 3.24. The summed E-state index contributed by atoms with van der Waals surface area (Å²) in [6.45, 7) is 36.0. The predicted octanol–water partition coefficient (Wildman–Crippen LogP) is 6.61. The molecule has 2 rings (SSSR count). The fraction of sp³-hybridized carbons (Fsp3) is 0.667. The van der Waals surface area contributed by atoms with E-state index in [9.17, 15) is 9.59 Å². The molecule has 9 heteroatoms. The first-order valence-corrected chi connectivity index (χ1v) is 16.3. The SMILES string of the molecule is C=C(CCC(NC(=C)C(CC(C)C)NC(=O)CC(C)(C)C)C(=C)CC(C)(C)C)OCC1OC(N2C=C(C)C(=C)NC2=O)CC1N. The number of hydrogen-bond acceptors (Lipinski definition) is 6. The molecule has 1 saturated heterocycles. The number of nitrogens with one attached hydrogen (secondary N) is 3. The van der Waals surface area contributed by atoms with Crippen molar-refractivity contribution in [2.75, 3.05) is 6.61 Å². The second kappa shape index (κ2) is 16.0. The Kier molecular flexibility index (Phi) is 13.6. The van der Waals surface area contributed by atoms with Crippen LogP contribution in [-0.2, 0) is 14.3 Å². The summed E-state index contributed by atoms with van der Waals surface area (Å²) in [7, 11) is 0. The monoisotopic (exact) mass is 627 g/mol. The quantitative estimate of drug-likeness (QED) is 0.113. The first-order valence-electron chi connectivity index (χ1n) is 16.3. The van der Waals surface area contributed by atoms with Gasteiger partial charge in [-0.05, 0) is 48.5 Å². The molecule has 0 aliphatic carbocycles. The first kappa shape index (κ1) is 38.1. The molecule has 2 aliphatic rings. The van der Waals surface area contributed by atoms with Gasteiger partial charge in [-0.2, -0.15) is 0 Å². The van der Waals surface area contributed by atoms with Gasteiger partial charge in [0.2, 0.25) is 5.91 Å². The molecule has 0 aromatic rings. The van der Waals surface area contributed by atoms with Crippen LogP contribution in [-0.4, -0.2) is 53.9 Å². The molecule has 2 aliphatic heterocycles. The number of allylic oxidation sites excluding steroid dienone is 2. The maximum Gasteiger partial charge on any atom is 0.327 e. The third-order valence-corrected chi connectivity index (χ3v) is 7.82. The third kappa shape index (κ3) is 13.1. The van der Waals surface area contributed by atoms with Gasteiger partial charge < -0.3 is 31.2 Å². The number of carbonyl (C=O) groups excluding carboxylic acids is 2. The molecule has 0 radical (unpaired) electrons. The zero-order valence-corrected chi connectivity index (χ0v) is 29.5. The van der Waals surface area contributed by atoms with Gasteiger partial charge >= 0.3 is 6.03 Å². The number of rotatable bonds is 16. The van der Waals surface area contributed by atoms with Crippen LogP contribution in [0.1, 0.15) is 101 Å². The van der Waals surface area contributed by atoms with E-state index in [2.05, 4.69) is 97.7 Å². The van der Waals surface area contributed by atoms with Crippen molar-refractivity contribution < 1.29 is 19.1 Å². The molecule has 2 heterocycles. The van der Waals surface area contributed by atoms with Gasteiger partial charge in [0.05, 0.1) is 11.8 Å². The number of amides is 3. The van der Waals surface area contributed by atoms with Crippen LogP contribution in [0.5, 0.6) is 0 Å². The largest absolute Gasteiger partial charge is 0.496 e. The molecule has 254 valence electrons. The number of hydrogen-bond donors (Lipinski definition) is 4. The maximum absolute atomic E-state index is 12.9. The van der Waals surface area contributed by atoms with Crippen LogP contribution in [0.2, 0.25) is 0 Å². The number of nitrogens with two attached hydrogens (primary N) is 1. The molecular weight excluding hydrogens is 566 g/mol. The van der Waals surface area contributed by atoms with Crippen LogP contribution in [0.4, 0.5) is 4.79 Å². The van der Waals surface area contributed by atoms with Crippen molar-refractivity contribution in [3.63, 3.8) is 0 Å². The van der Waals surface area contributed by atoms with E-state index >= 15 is 0 Å². The molecule has 45 heavy (non-hydrogen) atoms. The summed E-state index contributed by atoms with van der Waals surface area (Å²) in [5, 5.41) is 9.59.